The minimum absolute atomic E-state index is 0.0325. The summed E-state index contributed by atoms with van der Waals surface area (Å²) in [6, 6.07) is 0.233. The van der Waals surface area contributed by atoms with Crippen molar-refractivity contribution in [2.45, 2.75) is 39.0 Å². The van der Waals surface area contributed by atoms with Crippen molar-refractivity contribution in [2.75, 3.05) is 19.8 Å². The van der Waals surface area contributed by atoms with Crippen LogP contribution < -0.4 is 0 Å². The highest BCUT2D eigenvalue weighted by atomic mass is 16.5. The molecule has 0 bridgehead atoms. The van der Waals surface area contributed by atoms with Crippen LogP contribution in [-0.2, 0) is 14.3 Å². The highest BCUT2D eigenvalue weighted by Crippen LogP contribution is 2.15. The monoisotopic (exact) mass is 227 g/mol. The van der Waals surface area contributed by atoms with Crippen LogP contribution in [0.15, 0.2) is 12.7 Å². The van der Waals surface area contributed by atoms with E-state index in [4.69, 9.17) is 9.47 Å². The molecule has 0 aromatic rings. The molecule has 0 radical (unpaired) electrons. The average molecular weight is 227 g/mol. The Hall–Kier alpha value is -0.870. The number of hydrogen-bond donors (Lipinski definition) is 0. The third-order valence-electron chi connectivity index (χ3n) is 2.73. The number of carbonyl (C=O) groups is 1. The van der Waals surface area contributed by atoms with E-state index in [1.165, 1.54) is 0 Å². The number of amides is 1. The summed E-state index contributed by atoms with van der Waals surface area (Å²) in [5.74, 6) is 0.0325. The van der Waals surface area contributed by atoms with E-state index in [1.54, 1.807) is 13.0 Å². The molecule has 4 heteroatoms. The highest BCUT2D eigenvalue weighted by Gasteiger charge is 2.32. The molecule has 1 heterocycles. The Morgan fingerprint density at radius 1 is 1.56 bits per heavy atom. The summed E-state index contributed by atoms with van der Waals surface area (Å²) in [6.45, 7) is 10.9. The van der Waals surface area contributed by atoms with Gasteiger partial charge in [-0.15, -0.1) is 6.58 Å². The molecule has 1 aliphatic rings. The smallest absolute Gasteiger partial charge is 0.252 e. The summed E-state index contributed by atoms with van der Waals surface area (Å²) in [5.41, 5.74) is 0. The third kappa shape index (κ3) is 3.06. The third-order valence-corrected chi connectivity index (χ3v) is 2.73. The van der Waals surface area contributed by atoms with Crippen LogP contribution in [0.1, 0.15) is 20.8 Å². The maximum Gasteiger partial charge on any atom is 0.252 e. The van der Waals surface area contributed by atoms with E-state index < -0.39 is 6.10 Å². The highest BCUT2D eigenvalue weighted by molar-refractivity contribution is 5.81. The first-order chi connectivity index (χ1) is 7.57. The van der Waals surface area contributed by atoms with Gasteiger partial charge in [0.05, 0.1) is 31.9 Å². The van der Waals surface area contributed by atoms with Crippen molar-refractivity contribution in [1.82, 2.24) is 4.90 Å². The van der Waals surface area contributed by atoms with Crippen molar-refractivity contribution >= 4 is 5.91 Å². The second-order valence-electron chi connectivity index (χ2n) is 4.25. The van der Waals surface area contributed by atoms with Gasteiger partial charge in [-0.25, -0.2) is 0 Å². The second kappa shape index (κ2) is 6.01. The maximum atomic E-state index is 12.1. The van der Waals surface area contributed by atoms with Gasteiger partial charge in [0.25, 0.3) is 5.91 Å². The number of ether oxygens (including phenoxy) is 2. The van der Waals surface area contributed by atoms with Crippen molar-refractivity contribution in [1.29, 1.82) is 0 Å². The summed E-state index contributed by atoms with van der Waals surface area (Å²) in [6.07, 6.45) is 1.23. The van der Waals surface area contributed by atoms with Crippen LogP contribution in [0, 0.1) is 0 Å². The van der Waals surface area contributed by atoms with Gasteiger partial charge in [-0.2, -0.15) is 0 Å². The molecule has 0 N–H and O–H groups in total. The molecular weight excluding hydrogens is 206 g/mol. The summed E-state index contributed by atoms with van der Waals surface area (Å²) in [4.78, 5) is 14.0. The number of hydrogen-bond acceptors (Lipinski definition) is 3. The predicted octanol–water partition coefficient (Wildman–Crippen LogP) is 1.21. The van der Waals surface area contributed by atoms with Gasteiger partial charge >= 0.3 is 0 Å². The Morgan fingerprint density at radius 3 is 2.62 bits per heavy atom. The van der Waals surface area contributed by atoms with E-state index in [-0.39, 0.29) is 18.0 Å². The zero-order chi connectivity index (χ0) is 12.1. The lowest BCUT2D eigenvalue weighted by molar-refractivity contribution is -0.154. The molecule has 0 aliphatic carbocycles. The van der Waals surface area contributed by atoms with E-state index in [0.29, 0.717) is 19.8 Å². The topological polar surface area (TPSA) is 38.8 Å². The van der Waals surface area contributed by atoms with Crippen molar-refractivity contribution < 1.29 is 14.3 Å². The minimum atomic E-state index is -0.416. The normalized spacial score (nSPS) is 27.6. The van der Waals surface area contributed by atoms with Gasteiger partial charge in [-0.1, -0.05) is 6.08 Å². The zero-order valence-corrected chi connectivity index (χ0v) is 10.3. The van der Waals surface area contributed by atoms with Crippen LogP contribution >= 0.6 is 0 Å². The largest absolute Gasteiger partial charge is 0.377 e. The van der Waals surface area contributed by atoms with Crippen LogP contribution in [0.3, 0.4) is 0 Å². The summed E-state index contributed by atoms with van der Waals surface area (Å²) >= 11 is 0. The van der Waals surface area contributed by atoms with E-state index in [1.807, 2.05) is 18.7 Å². The molecule has 16 heavy (non-hydrogen) atoms. The quantitative estimate of drug-likeness (QED) is 0.678. The summed E-state index contributed by atoms with van der Waals surface area (Å²) in [7, 11) is 0. The fourth-order valence-corrected chi connectivity index (χ4v) is 1.93. The van der Waals surface area contributed by atoms with Crippen molar-refractivity contribution in [2.24, 2.45) is 0 Å². The molecule has 1 fully saturated rings. The SMILES string of the molecule is C=CCO[C@H](C)C(=O)N1[C@H](C)COC[C@@H]1C. The van der Waals surface area contributed by atoms with E-state index >= 15 is 0 Å². The molecule has 1 saturated heterocycles. The average Bonchev–Trinajstić information content (AvgIpc) is 2.25. The molecule has 0 aromatic heterocycles. The van der Waals surface area contributed by atoms with E-state index in [2.05, 4.69) is 6.58 Å². The first-order valence-electron chi connectivity index (χ1n) is 5.70. The van der Waals surface area contributed by atoms with Crippen LogP contribution in [0.2, 0.25) is 0 Å². The van der Waals surface area contributed by atoms with Gasteiger partial charge in [0.1, 0.15) is 6.10 Å². The Labute approximate surface area is 97.2 Å². The van der Waals surface area contributed by atoms with Crippen LogP contribution in [0.4, 0.5) is 0 Å². The molecular formula is C12H21NO3. The molecule has 0 spiro atoms. The van der Waals surface area contributed by atoms with E-state index in [0.717, 1.165) is 0 Å². The van der Waals surface area contributed by atoms with Crippen LogP contribution in [-0.4, -0.2) is 48.8 Å². The van der Waals surface area contributed by atoms with Gasteiger partial charge in [-0.3, -0.25) is 4.79 Å². The van der Waals surface area contributed by atoms with Gasteiger partial charge in [0, 0.05) is 0 Å². The molecule has 92 valence electrons. The Morgan fingerprint density at radius 2 is 2.12 bits per heavy atom. The lowest BCUT2D eigenvalue weighted by Crippen LogP contribution is -2.55. The van der Waals surface area contributed by atoms with Crippen molar-refractivity contribution in [3.05, 3.63) is 12.7 Å². The molecule has 0 aromatic carbocycles. The zero-order valence-electron chi connectivity index (χ0n) is 10.3. The lowest BCUT2D eigenvalue weighted by Gasteiger charge is -2.40. The van der Waals surface area contributed by atoms with Gasteiger partial charge in [0.2, 0.25) is 0 Å². The number of nitrogens with zero attached hydrogens (tertiary/aromatic N) is 1. The molecule has 1 amide bonds. The molecule has 3 atom stereocenters. The Kier molecular flexibility index (Phi) is 4.96. The van der Waals surface area contributed by atoms with Gasteiger partial charge in [0.15, 0.2) is 0 Å². The fraction of sp³-hybridized carbons (Fsp3) is 0.750. The summed E-state index contributed by atoms with van der Waals surface area (Å²) < 4.78 is 10.7. The molecule has 1 rings (SSSR count). The lowest BCUT2D eigenvalue weighted by atomic mass is 10.1. The molecule has 4 nitrogen and oxygen atoms in total. The molecule has 1 aliphatic heterocycles. The summed E-state index contributed by atoms with van der Waals surface area (Å²) in [5, 5.41) is 0. The number of carbonyl (C=O) groups excluding carboxylic acids is 1. The van der Waals surface area contributed by atoms with Gasteiger partial charge in [-0.05, 0) is 20.8 Å². The van der Waals surface area contributed by atoms with E-state index in [9.17, 15) is 4.79 Å². The molecule has 0 unspecified atom stereocenters. The Balaban J connectivity index is 2.59. The Bertz CT molecular complexity index is 245. The first-order valence-corrected chi connectivity index (χ1v) is 5.70. The van der Waals surface area contributed by atoms with Crippen molar-refractivity contribution in [3.63, 3.8) is 0 Å². The van der Waals surface area contributed by atoms with Crippen LogP contribution in [0.5, 0.6) is 0 Å². The minimum Gasteiger partial charge on any atom is -0.377 e. The first kappa shape index (κ1) is 13.2. The number of rotatable bonds is 4. The van der Waals surface area contributed by atoms with Crippen LogP contribution in [0.25, 0.3) is 0 Å². The second-order valence-corrected chi connectivity index (χ2v) is 4.25. The maximum absolute atomic E-state index is 12.1. The predicted molar refractivity (Wildman–Crippen MR) is 62.2 cm³/mol. The fourth-order valence-electron chi connectivity index (χ4n) is 1.93. The van der Waals surface area contributed by atoms with Crippen molar-refractivity contribution in [3.8, 4) is 0 Å². The standard InChI is InChI=1S/C12H21NO3/c1-5-6-16-11(4)12(14)13-9(2)7-15-8-10(13)3/h5,9-11H,1,6-8H2,2-4H3/t9-,10+,11-/m1/s1. The number of morpholine rings is 1. The molecule has 0 saturated carbocycles. The van der Waals surface area contributed by atoms with Gasteiger partial charge < -0.3 is 14.4 Å².